The number of carbonyl (C=O) groups excluding carboxylic acids is 2. The molecule has 1 aliphatic rings. The summed E-state index contributed by atoms with van der Waals surface area (Å²) in [7, 11) is 0. The normalized spacial score (nSPS) is 14.4. The first kappa shape index (κ1) is 22.3. The fraction of sp³-hybridized carbons (Fsp3) is 0.375. The summed E-state index contributed by atoms with van der Waals surface area (Å²) in [5.74, 6) is 0.985. The molecule has 0 unspecified atom stereocenters. The van der Waals surface area contributed by atoms with Gasteiger partial charge in [0.05, 0.1) is 12.8 Å². The maximum Gasteiger partial charge on any atom is 0.259 e. The molecule has 7 nitrogen and oxygen atoms in total. The molecule has 1 aliphatic heterocycles. The fourth-order valence-corrected chi connectivity index (χ4v) is 3.32. The number of hydrogen-bond acceptors (Lipinski definition) is 5. The maximum absolute atomic E-state index is 12.1. The molecule has 2 amide bonds. The second-order valence-electron chi connectivity index (χ2n) is 7.33. The quantitative estimate of drug-likeness (QED) is 0.494. The van der Waals surface area contributed by atoms with E-state index in [0.29, 0.717) is 37.7 Å². The highest BCUT2D eigenvalue weighted by Gasteiger charge is 2.18. The van der Waals surface area contributed by atoms with Gasteiger partial charge in [0.2, 0.25) is 5.91 Å². The summed E-state index contributed by atoms with van der Waals surface area (Å²) in [5.41, 5.74) is 4.33. The zero-order valence-corrected chi connectivity index (χ0v) is 17.9. The third-order valence-electron chi connectivity index (χ3n) is 4.91. The van der Waals surface area contributed by atoms with Crippen molar-refractivity contribution in [2.24, 2.45) is 5.10 Å². The van der Waals surface area contributed by atoms with E-state index in [9.17, 15) is 9.59 Å². The van der Waals surface area contributed by atoms with Gasteiger partial charge in [0.25, 0.3) is 5.91 Å². The Morgan fingerprint density at radius 2 is 1.94 bits per heavy atom. The maximum atomic E-state index is 12.1. The van der Waals surface area contributed by atoms with Crippen molar-refractivity contribution in [3.8, 4) is 11.5 Å². The Bertz CT molecular complexity index is 899. The number of rotatable bonds is 9. The molecule has 1 fully saturated rings. The molecule has 7 heteroatoms. The zero-order valence-electron chi connectivity index (χ0n) is 17.9. The van der Waals surface area contributed by atoms with Gasteiger partial charge < -0.3 is 14.4 Å². The summed E-state index contributed by atoms with van der Waals surface area (Å²) in [5, 5.41) is 4.02. The number of carbonyl (C=O) groups is 2. The highest BCUT2D eigenvalue weighted by molar-refractivity contribution is 5.86. The number of likely N-dealkylation sites (tertiary alicyclic amines) is 1. The van der Waals surface area contributed by atoms with Crippen LogP contribution in [0.4, 0.5) is 0 Å². The number of hydrogen-bond donors (Lipinski definition) is 1. The molecule has 0 radical (unpaired) electrons. The van der Waals surface area contributed by atoms with Crippen molar-refractivity contribution in [2.75, 3.05) is 19.7 Å². The van der Waals surface area contributed by atoms with Crippen molar-refractivity contribution in [3.63, 3.8) is 0 Å². The molecule has 0 saturated carbocycles. The molecule has 0 spiro atoms. The third kappa shape index (κ3) is 7.13. The van der Waals surface area contributed by atoms with Gasteiger partial charge in [-0.1, -0.05) is 36.8 Å². The Balaban J connectivity index is 1.56. The van der Waals surface area contributed by atoms with Gasteiger partial charge in [-0.15, -0.1) is 0 Å². The van der Waals surface area contributed by atoms with Gasteiger partial charge in [0, 0.05) is 13.0 Å². The number of nitrogens with one attached hydrogen (secondary N) is 1. The van der Waals surface area contributed by atoms with E-state index >= 15 is 0 Å². The first-order valence-corrected chi connectivity index (χ1v) is 10.7. The monoisotopic (exact) mass is 423 g/mol. The lowest BCUT2D eigenvalue weighted by Crippen LogP contribution is -2.39. The van der Waals surface area contributed by atoms with E-state index in [0.717, 1.165) is 30.4 Å². The smallest absolute Gasteiger partial charge is 0.259 e. The molecule has 0 atom stereocenters. The van der Waals surface area contributed by atoms with Gasteiger partial charge in [0.1, 0.15) is 13.2 Å². The summed E-state index contributed by atoms with van der Waals surface area (Å²) in [4.78, 5) is 25.7. The van der Waals surface area contributed by atoms with Crippen LogP contribution >= 0.6 is 0 Å². The topological polar surface area (TPSA) is 80.2 Å². The van der Waals surface area contributed by atoms with E-state index in [1.54, 1.807) is 11.1 Å². The molecule has 1 saturated heterocycles. The highest BCUT2D eigenvalue weighted by Crippen LogP contribution is 2.28. The van der Waals surface area contributed by atoms with Crippen LogP contribution in [0.15, 0.2) is 53.6 Å². The second-order valence-corrected chi connectivity index (χ2v) is 7.33. The van der Waals surface area contributed by atoms with E-state index in [1.807, 2.05) is 55.5 Å². The summed E-state index contributed by atoms with van der Waals surface area (Å²) in [6.45, 7) is 3.51. The van der Waals surface area contributed by atoms with Crippen LogP contribution in [0, 0.1) is 0 Å². The van der Waals surface area contributed by atoms with Crippen LogP contribution in [0.25, 0.3) is 0 Å². The molecule has 0 aromatic heterocycles. The average molecular weight is 424 g/mol. The van der Waals surface area contributed by atoms with E-state index in [-0.39, 0.29) is 18.4 Å². The Hall–Kier alpha value is -3.35. The predicted octanol–water partition coefficient (Wildman–Crippen LogP) is 3.52. The molecule has 31 heavy (non-hydrogen) atoms. The molecule has 2 aromatic carbocycles. The van der Waals surface area contributed by atoms with Crippen LogP contribution in [0.5, 0.6) is 11.5 Å². The van der Waals surface area contributed by atoms with Crippen LogP contribution in [-0.2, 0) is 16.2 Å². The predicted molar refractivity (Wildman–Crippen MR) is 119 cm³/mol. The lowest BCUT2D eigenvalue weighted by atomic mass is 10.2. The van der Waals surface area contributed by atoms with E-state index in [4.69, 9.17) is 9.47 Å². The van der Waals surface area contributed by atoms with Gasteiger partial charge in [-0.05, 0) is 49.1 Å². The molecular formula is C24H29N3O4. The molecule has 1 N–H and O–H groups in total. The minimum absolute atomic E-state index is 0.0316. The average Bonchev–Trinajstić information content (AvgIpc) is 2.98. The standard InChI is InChI=1S/C24H29N3O4/c1-2-30-22-15-20(12-13-21(22)31-18-19-9-5-3-6-10-19)16-25-26-23(28)17-27-14-8-4-7-11-24(27)29/h3,5-6,9-10,12-13,15-16H,2,4,7-8,11,14,17-18H2,1H3,(H,26,28)/b25-16-. The van der Waals surface area contributed by atoms with Gasteiger partial charge in [-0.3, -0.25) is 9.59 Å². The zero-order chi connectivity index (χ0) is 21.9. The summed E-state index contributed by atoms with van der Waals surface area (Å²) in [6, 6.07) is 15.4. The van der Waals surface area contributed by atoms with Crippen LogP contribution in [-0.4, -0.2) is 42.6 Å². The summed E-state index contributed by atoms with van der Waals surface area (Å²) in [6.07, 6.45) is 4.90. The number of ether oxygens (including phenoxy) is 2. The molecule has 3 rings (SSSR count). The van der Waals surface area contributed by atoms with E-state index in [1.165, 1.54) is 0 Å². The number of nitrogens with zero attached hydrogens (tertiary/aromatic N) is 2. The van der Waals surface area contributed by atoms with Gasteiger partial charge >= 0.3 is 0 Å². The van der Waals surface area contributed by atoms with Gasteiger partial charge in [-0.2, -0.15) is 5.10 Å². The van der Waals surface area contributed by atoms with Gasteiger partial charge in [0.15, 0.2) is 11.5 Å². The Labute approximate surface area is 183 Å². The second kappa shape index (κ2) is 11.7. The minimum Gasteiger partial charge on any atom is -0.490 e. The SMILES string of the molecule is CCOc1cc(/C=N\NC(=O)CN2CCCCCC2=O)ccc1OCc1ccccc1. The van der Waals surface area contributed by atoms with Crippen LogP contribution in [0.3, 0.4) is 0 Å². The van der Waals surface area contributed by atoms with E-state index < -0.39 is 0 Å². The van der Waals surface area contributed by atoms with Crippen molar-refractivity contribution in [1.29, 1.82) is 0 Å². The van der Waals surface area contributed by atoms with Crippen molar-refractivity contribution >= 4 is 18.0 Å². The molecule has 0 bridgehead atoms. The molecule has 2 aromatic rings. The summed E-state index contributed by atoms with van der Waals surface area (Å²) < 4.78 is 11.6. The van der Waals surface area contributed by atoms with Crippen molar-refractivity contribution in [3.05, 3.63) is 59.7 Å². The van der Waals surface area contributed by atoms with Crippen LogP contribution < -0.4 is 14.9 Å². The van der Waals surface area contributed by atoms with Crippen molar-refractivity contribution in [1.82, 2.24) is 10.3 Å². The summed E-state index contributed by atoms with van der Waals surface area (Å²) >= 11 is 0. The number of amides is 2. The molecule has 0 aliphatic carbocycles. The Morgan fingerprint density at radius 3 is 2.74 bits per heavy atom. The minimum atomic E-state index is -0.306. The first-order valence-electron chi connectivity index (χ1n) is 10.7. The highest BCUT2D eigenvalue weighted by atomic mass is 16.5. The Morgan fingerprint density at radius 1 is 1.10 bits per heavy atom. The lowest BCUT2D eigenvalue weighted by Gasteiger charge is -2.18. The van der Waals surface area contributed by atoms with Crippen LogP contribution in [0.1, 0.15) is 43.7 Å². The molecule has 164 valence electrons. The van der Waals surface area contributed by atoms with E-state index in [2.05, 4.69) is 10.5 Å². The van der Waals surface area contributed by atoms with Gasteiger partial charge in [-0.25, -0.2) is 5.43 Å². The molecule has 1 heterocycles. The lowest BCUT2D eigenvalue weighted by molar-refractivity contribution is -0.135. The fourth-order valence-electron chi connectivity index (χ4n) is 3.32. The molecular weight excluding hydrogens is 394 g/mol. The van der Waals surface area contributed by atoms with Crippen LogP contribution in [0.2, 0.25) is 0 Å². The van der Waals surface area contributed by atoms with Crippen molar-refractivity contribution < 1.29 is 19.1 Å². The Kier molecular flexibility index (Phi) is 8.46. The third-order valence-corrected chi connectivity index (χ3v) is 4.91. The number of hydrazone groups is 1. The van der Waals surface area contributed by atoms with Crippen molar-refractivity contribution in [2.45, 2.75) is 39.2 Å². The largest absolute Gasteiger partial charge is 0.490 e. The number of benzene rings is 2. The first-order chi connectivity index (χ1) is 15.2.